The first kappa shape index (κ1) is 14.3. The van der Waals surface area contributed by atoms with Crippen molar-refractivity contribution in [3.8, 4) is 0 Å². The molecule has 104 valence electrons. The molecule has 0 aliphatic carbocycles. The minimum absolute atomic E-state index is 0.274. The molecule has 1 aliphatic rings. The Balaban J connectivity index is 1.96. The molecule has 0 bridgehead atoms. The van der Waals surface area contributed by atoms with Crippen LogP contribution in [0.3, 0.4) is 0 Å². The van der Waals surface area contributed by atoms with Crippen LogP contribution in [0.25, 0.3) is 0 Å². The Kier molecular flexibility index (Phi) is 4.76. The topological polar surface area (TPSA) is 20.3 Å². The van der Waals surface area contributed by atoms with Crippen molar-refractivity contribution < 1.29 is 4.79 Å². The molecule has 2 nitrogen and oxygen atoms in total. The summed E-state index contributed by atoms with van der Waals surface area (Å²) in [6, 6.07) is 6.14. The first-order valence-corrected chi connectivity index (χ1v) is 7.43. The van der Waals surface area contributed by atoms with Gasteiger partial charge in [-0.2, -0.15) is 0 Å². The second-order valence-corrected chi connectivity index (χ2v) is 5.87. The lowest BCUT2D eigenvalue weighted by atomic mass is 9.94. The Labute approximate surface area is 116 Å². The number of aryl methyl sites for hydroxylation is 2. The van der Waals surface area contributed by atoms with Crippen molar-refractivity contribution in [2.45, 2.75) is 40.0 Å². The molecule has 0 N–H and O–H groups in total. The van der Waals surface area contributed by atoms with Crippen LogP contribution in [0.1, 0.15) is 47.7 Å². The van der Waals surface area contributed by atoms with E-state index in [0.717, 1.165) is 30.1 Å². The molecule has 0 atom stereocenters. The van der Waals surface area contributed by atoms with Crippen molar-refractivity contribution >= 4 is 5.78 Å². The lowest BCUT2D eigenvalue weighted by Crippen LogP contribution is -2.37. The van der Waals surface area contributed by atoms with Crippen LogP contribution in [0.15, 0.2) is 18.2 Å². The zero-order valence-corrected chi connectivity index (χ0v) is 12.4. The van der Waals surface area contributed by atoms with Gasteiger partial charge in [0.25, 0.3) is 0 Å². The van der Waals surface area contributed by atoms with Crippen molar-refractivity contribution in [3.63, 3.8) is 0 Å². The van der Waals surface area contributed by atoms with Gasteiger partial charge in [-0.3, -0.25) is 9.69 Å². The summed E-state index contributed by atoms with van der Waals surface area (Å²) in [5.74, 6) is 1.14. The SMILES string of the molecule is CCC1CCN(CC(=O)c2cc(C)ccc2C)CC1. The Morgan fingerprint density at radius 2 is 1.95 bits per heavy atom. The smallest absolute Gasteiger partial charge is 0.177 e. The molecule has 0 spiro atoms. The number of carbonyl (C=O) groups is 1. The standard InChI is InChI=1S/C17H25NO/c1-4-15-7-9-18(10-8-15)12-17(19)16-11-13(2)5-6-14(16)3/h5-6,11,15H,4,7-10,12H2,1-3H3. The quantitative estimate of drug-likeness (QED) is 0.770. The van der Waals surface area contributed by atoms with Crippen LogP contribution < -0.4 is 0 Å². The summed E-state index contributed by atoms with van der Waals surface area (Å²) in [7, 11) is 0. The normalized spacial score (nSPS) is 17.6. The Morgan fingerprint density at radius 1 is 1.26 bits per heavy atom. The van der Waals surface area contributed by atoms with E-state index in [9.17, 15) is 4.79 Å². The molecule has 0 saturated carbocycles. The fraction of sp³-hybridized carbons (Fsp3) is 0.588. The maximum Gasteiger partial charge on any atom is 0.177 e. The molecule has 1 aliphatic heterocycles. The molecule has 0 unspecified atom stereocenters. The fourth-order valence-electron chi connectivity index (χ4n) is 2.88. The molecule has 0 amide bonds. The first-order chi connectivity index (χ1) is 9.10. The molecule has 1 aromatic rings. The van der Waals surface area contributed by atoms with Crippen molar-refractivity contribution in [3.05, 3.63) is 34.9 Å². The number of ketones is 1. The average molecular weight is 259 g/mol. The van der Waals surface area contributed by atoms with E-state index >= 15 is 0 Å². The monoisotopic (exact) mass is 259 g/mol. The van der Waals surface area contributed by atoms with Crippen LogP contribution in [0, 0.1) is 19.8 Å². The highest BCUT2D eigenvalue weighted by molar-refractivity contribution is 5.99. The third-order valence-corrected chi connectivity index (χ3v) is 4.35. The van der Waals surface area contributed by atoms with E-state index < -0.39 is 0 Å². The summed E-state index contributed by atoms with van der Waals surface area (Å²) in [4.78, 5) is 14.7. The number of hydrogen-bond acceptors (Lipinski definition) is 2. The lowest BCUT2D eigenvalue weighted by molar-refractivity contribution is 0.0894. The van der Waals surface area contributed by atoms with Crippen molar-refractivity contribution in [2.24, 2.45) is 5.92 Å². The van der Waals surface area contributed by atoms with Crippen LogP contribution in [0.5, 0.6) is 0 Å². The van der Waals surface area contributed by atoms with Crippen LogP contribution in [-0.4, -0.2) is 30.3 Å². The largest absolute Gasteiger partial charge is 0.296 e. The number of Topliss-reactive ketones (excluding diaryl/α,β-unsaturated/α-hetero) is 1. The third kappa shape index (κ3) is 3.66. The van der Waals surface area contributed by atoms with Gasteiger partial charge in [0.2, 0.25) is 0 Å². The summed E-state index contributed by atoms with van der Waals surface area (Å²) >= 11 is 0. The zero-order valence-electron chi connectivity index (χ0n) is 12.4. The second-order valence-electron chi connectivity index (χ2n) is 5.87. The molecule has 1 fully saturated rings. The van der Waals surface area contributed by atoms with Crippen LogP contribution in [0.2, 0.25) is 0 Å². The third-order valence-electron chi connectivity index (χ3n) is 4.35. The van der Waals surface area contributed by atoms with Crippen molar-refractivity contribution in [1.82, 2.24) is 4.90 Å². The average Bonchev–Trinajstić information content (AvgIpc) is 2.42. The van der Waals surface area contributed by atoms with Gasteiger partial charge in [-0.1, -0.05) is 31.0 Å². The summed E-state index contributed by atoms with van der Waals surface area (Å²) < 4.78 is 0. The molecule has 1 aromatic carbocycles. The summed E-state index contributed by atoms with van der Waals surface area (Å²) in [6.07, 6.45) is 3.77. The molecular weight excluding hydrogens is 234 g/mol. The predicted molar refractivity (Wildman–Crippen MR) is 79.7 cm³/mol. The van der Waals surface area contributed by atoms with E-state index in [1.165, 1.54) is 24.8 Å². The predicted octanol–water partition coefficient (Wildman–Crippen LogP) is 3.61. The number of benzene rings is 1. The van der Waals surface area contributed by atoms with Crippen LogP contribution in [0.4, 0.5) is 0 Å². The highest BCUT2D eigenvalue weighted by atomic mass is 16.1. The molecule has 1 saturated heterocycles. The molecule has 0 radical (unpaired) electrons. The minimum Gasteiger partial charge on any atom is -0.296 e. The summed E-state index contributed by atoms with van der Waals surface area (Å²) in [5, 5.41) is 0. The van der Waals surface area contributed by atoms with Crippen LogP contribution in [-0.2, 0) is 0 Å². The molecular formula is C17H25NO. The van der Waals surface area contributed by atoms with Gasteiger partial charge in [-0.05, 0) is 57.3 Å². The van der Waals surface area contributed by atoms with Crippen molar-refractivity contribution in [2.75, 3.05) is 19.6 Å². The summed E-state index contributed by atoms with van der Waals surface area (Å²) in [5.41, 5.74) is 3.16. The fourth-order valence-corrected chi connectivity index (χ4v) is 2.88. The molecule has 1 heterocycles. The van der Waals surface area contributed by atoms with E-state index in [-0.39, 0.29) is 5.78 Å². The number of piperidine rings is 1. The van der Waals surface area contributed by atoms with Gasteiger partial charge < -0.3 is 0 Å². The Bertz CT molecular complexity index is 445. The van der Waals surface area contributed by atoms with Gasteiger partial charge in [0.05, 0.1) is 6.54 Å². The van der Waals surface area contributed by atoms with Gasteiger partial charge in [-0.15, -0.1) is 0 Å². The van der Waals surface area contributed by atoms with Gasteiger partial charge in [0, 0.05) is 5.56 Å². The van der Waals surface area contributed by atoms with Gasteiger partial charge in [0.1, 0.15) is 0 Å². The maximum absolute atomic E-state index is 12.4. The number of hydrogen-bond donors (Lipinski definition) is 0. The van der Waals surface area contributed by atoms with Crippen molar-refractivity contribution in [1.29, 1.82) is 0 Å². The number of carbonyl (C=O) groups excluding carboxylic acids is 1. The Morgan fingerprint density at radius 3 is 2.58 bits per heavy atom. The number of nitrogens with zero attached hydrogens (tertiary/aromatic N) is 1. The van der Waals surface area contributed by atoms with E-state index in [4.69, 9.17) is 0 Å². The molecule has 19 heavy (non-hydrogen) atoms. The molecule has 2 rings (SSSR count). The number of rotatable bonds is 4. The van der Waals surface area contributed by atoms with Crippen LogP contribution >= 0.6 is 0 Å². The summed E-state index contributed by atoms with van der Waals surface area (Å²) in [6.45, 7) is 9.07. The Hall–Kier alpha value is -1.15. The molecule has 2 heteroatoms. The highest BCUT2D eigenvalue weighted by Crippen LogP contribution is 2.20. The van der Waals surface area contributed by atoms with E-state index in [1.807, 2.05) is 26.0 Å². The second kappa shape index (κ2) is 6.33. The van der Waals surface area contributed by atoms with E-state index in [1.54, 1.807) is 0 Å². The minimum atomic E-state index is 0.274. The first-order valence-electron chi connectivity index (χ1n) is 7.43. The van der Waals surface area contributed by atoms with Gasteiger partial charge >= 0.3 is 0 Å². The maximum atomic E-state index is 12.4. The zero-order chi connectivity index (χ0) is 13.8. The van der Waals surface area contributed by atoms with Gasteiger partial charge in [-0.25, -0.2) is 0 Å². The van der Waals surface area contributed by atoms with E-state index in [2.05, 4.69) is 17.9 Å². The highest BCUT2D eigenvalue weighted by Gasteiger charge is 2.20. The molecule has 0 aromatic heterocycles. The van der Waals surface area contributed by atoms with E-state index in [0.29, 0.717) is 6.54 Å². The number of likely N-dealkylation sites (tertiary alicyclic amines) is 1. The lowest BCUT2D eigenvalue weighted by Gasteiger charge is -2.31. The van der Waals surface area contributed by atoms with Gasteiger partial charge in [0.15, 0.2) is 5.78 Å².